The molecule has 1 heterocycles. The Morgan fingerprint density at radius 2 is 2.20 bits per heavy atom. The number of aliphatic hydroxyl groups excluding tert-OH is 1. The lowest BCUT2D eigenvalue weighted by Gasteiger charge is -2.08. The molecule has 2 rings (SSSR count). The second-order valence-corrected chi connectivity index (χ2v) is 4.54. The maximum absolute atomic E-state index is 11.9. The van der Waals surface area contributed by atoms with Gasteiger partial charge in [0.2, 0.25) is 0 Å². The molecule has 1 atom stereocenters. The van der Waals surface area contributed by atoms with E-state index in [0.717, 1.165) is 0 Å². The van der Waals surface area contributed by atoms with Gasteiger partial charge in [0.1, 0.15) is 0 Å². The molecule has 0 saturated carbocycles. The molecule has 2 aromatic rings. The third-order valence-corrected chi connectivity index (χ3v) is 3.06. The van der Waals surface area contributed by atoms with Crippen LogP contribution >= 0.6 is 0 Å². The van der Waals surface area contributed by atoms with Crippen LogP contribution in [0.1, 0.15) is 30.4 Å². The number of nitrogens with one attached hydrogen (secondary N) is 2. The van der Waals surface area contributed by atoms with Crippen LogP contribution in [0, 0.1) is 0 Å². The highest BCUT2D eigenvalue weighted by atomic mass is 16.3. The third kappa shape index (κ3) is 3.21. The molecule has 0 fully saturated rings. The monoisotopic (exact) mass is 275 g/mol. The molecule has 6 heteroatoms. The van der Waals surface area contributed by atoms with E-state index >= 15 is 0 Å². The smallest absolute Gasteiger partial charge is 0.287 e. The molecule has 0 radical (unpaired) electrons. The number of fused-ring (bicyclic) bond motifs is 1. The van der Waals surface area contributed by atoms with Crippen molar-refractivity contribution in [2.45, 2.75) is 25.9 Å². The van der Waals surface area contributed by atoms with Crippen LogP contribution in [0.3, 0.4) is 0 Å². The Balaban J connectivity index is 2.12. The van der Waals surface area contributed by atoms with Crippen LogP contribution in [0.2, 0.25) is 0 Å². The summed E-state index contributed by atoms with van der Waals surface area (Å²) < 4.78 is 0. The van der Waals surface area contributed by atoms with E-state index in [1.54, 1.807) is 24.3 Å². The molecule has 0 aliphatic heterocycles. The number of carbonyl (C=O) groups is 1. The van der Waals surface area contributed by atoms with Gasteiger partial charge in [0.15, 0.2) is 5.82 Å². The fraction of sp³-hybridized carbons (Fsp3) is 0.357. The molecular weight excluding hydrogens is 258 g/mol. The van der Waals surface area contributed by atoms with E-state index in [1.807, 2.05) is 6.92 Å². The lowest BCUT2D eigenvalue weighted by Crippen LogP contribution is -2.30. The van der Waals surface area contributed by atoms with Gasteiger partial charge in [0.05, 0.1) is 17.0 Å². The number of para-hydroxylation sites is 1. The molecular formula is C14H17N3O3. The van der Waals surface area contributed by atoms with Crippen LogP contribution in [0.4, 0.5) is 0 Å². The van der Waals surface area contributed by atoms with Crippen molar-refractivity contribution in [2.75, 3.05) is 6.54 Å². The minimum absolute atomic E-state index is 0.0142. The molecule has 0 spiro atoms. The first-order valence-corrected chi connectivity index (χ1v) is 6.57. The summed E-state index contributed by atoms with van der Waals surface area (Å²) in [6.45, 7) is 2.21. The van der Waals surface area contributed by atoms with Crippen molar-refractivity contribution in [2.24, 2.45) is 0 Å². The van der Waals surface area contributed by atoms with Gasteiger partial charge in [-0.25, -0.2) is 4.98 Å². The van der Waals surface area contributed by atoms with Crippen molar-refractivity contribution in [3.8, 4) is 0 Å². The molecule has 1 aromatic heterocycles. The van der Waals surface area contributed by atoms with E-state index in [0.29, 0.717) is 30.3 Å². The first kappa shape index (κ1) is 14.2. The zero-order valence-corrected chi connectivity index (χ0v) is 11.2. The minimum atomic E-state index is -0.448. The Kier molecular flexibility index (Phi) is 4.47. The molecule has 0 aliphatic carbocycles. The number of carbonyl (C=O) groups excluding carboxylic acids is 1. The second kappa shape index (κ2) is 6.29. The van der Waals surface area contributed by atoms with Gasteiger partial charge >= 0.3 is 0 Å². The fourth-order valence-electron chi connectivity index (χ4n) is 1.83. The minimum Gasteiger partial charge on any atom is -0.393 e. The lowest BCUT2D eigenvalue weighted by molar-refractivity contribution is 0.0931. The number of aromatic nitrogens is 2. The highest BCUT2D eigenvalue weighted by molar-refractivity contribution is 5.92. The van der Waals surface area contributed by atoms with Crippen LogP contribution in [0.25, 0.3) is 10.9 Å². The highest BCUT2D eigenvalue weighted by Gasteiger charge is 2.11. The quantitative estimate of drug-likeness (QED) is 0.752. The van der Waals surface area contributed by atoms with Crippen LogP contribution in [0.15, 0.2) is 29.1 Å². The van der Waals surface area contributed by atoms with Crippen LogP contribution < -0.4 is 10.9 Å². The Morgan fingerprint density at radius 3 is 2.95 bits per heavy atom. The van der Waals surface area contributed by atoms with E-state index in [2.05, 4.69) is 15.3 Å². The van der Waals surface area contributed by atoms with Crippen molar-refractivity contribution in [3.05, 3.63) is 40.4 Å². The summed E-state index contributed by atoms with van der Waals surface area (Å²) in [6, 6.07) is 6.84. The maximum Gasteiger partial charge on any atom is 0.287 e. The lowest BCUT2D eigenvalue weighted by atomic mass is 10.2. The third-order valence-electron chi connectivity index (χ3n) is 3.06. The Morgan fingerprint density at radius 1 is 1.45 bits per heavy atom. The summed E-state index contributed by atoms with van der Waals surface area (Å²) in [7, 11) is 0. The van der Waals surface area contributed by atoms with E-state index in [1.165, 1.54) is 0 Å². The molecule has 20 heavy (non-hydrogen) atoms. The van der Waals surface area contributed by atoms with Crippen LogP contribution in [-0.2, 0) is 0 Å². The molecule has 3 N–H and O–H groups in total. The van der Waals surface area contributed by atoms with E-state index in [9.17, 15) is 14.7 Å². The van der Waals surface area contributed by atoms with Gasteiger partial charge < -0.3 is 15.4 Å². The molecule has 6 nitrogen and oxygen atoms in total. The largest absolute Gasteiger partial charge is 0.393 e. The molecule has 1 unspecified atom stereocenters. The van der Waals surface area contributed by atoms with Gasteiger partial charge in [0, 0.05) is 6.54 Å². The zero-order chi connectivity index (χ0) is 14.5. The maximum atomic E-state index is 11.9. The van der Waals surface area contributed by atoms with Crippen molar-refractivity contribution in [1.82, 2.24) is 15.3 Å². The predicted molar refractivity (Wildman–Crippen MR) is 75.6 cm³/mol. The van der Waals surface area contributed by atoms with Gasteiger partial charge in [-0.2, -0.15) is 0 Å². The Labute approximate surface area is 115 Å². The number of aromatic amines is 1. The summed E-state index contributed by atoms with van der Waals surface area (Å²) in [5, 5.41) is 12.5. The highest BCUT2D eigenvalue weighted by Crippen LogP contribution is 2.05. The number of H-pyrrole nitrogens is 1. The molecule has 0 saturated heterocycles. The van der Waals surface area contributed by atoms with Gasteiger partial charge in [-0.1, -0.05) is 19.1 Å². The normalized spacial score (nSPS) is 12.3. The Hall–Kier alpha value is -2.21. The summed E-state index contributed by atoms with van der Waals surface area (Å²) in [5.41, 5.74) is 0.143. The number of nitrogens with zero attached hydrogens (tertiary/aromatic N) is 1. The topological polar surface area (TPSA) is 95.1 Å². The zero-order valence-electron chi connectivity index (χ0n) is 11.2. The van der Waals surface area contributed by atoms with E-state index < -0.39 is 12.0 Å². The number of hydrogen-bond acceptors (Lipinski definition) is 4. The first-order chi connectivity index (χ1) is 9.61. The van der Waals surface area contributed by atoms with Crippen molar-refractivity contribution < 1.29 is 9.90 Å². The summed E-state index contributed by atoms with van der Waals surface area (Å²) >= 11 is 0. The molecule has 0 bridgehead atoms. The van der Waals surface area contributed by atoms with E-state index in [4.69, 9.17) is 0 Å². The number of hydrogen-bond donors (Lipinski definition) is 3. The Bertz CT molecular complexity index is 666. The SMILES string of the molecule is CCC(O)CCNC(=O)c1nc2ccccc2c(=O)[nH]1. The molecule has 1 amide bonds. The van der Waals surface area contributed by atoms with E-state index in [-0.39, 0.29) is 11.4 Å². The summed E-state index contributed by atoms with van der Waals surface area (Å²) in [6.07, 6.45) is 0.681. The van der Waals surface area contributed by atoms with Crippen molar-refractivity contribution in [3.63, 3.8) is 0 Å². The number of amides is 1. The first-order valence-electron chi connectivity index (χ1n) is 6.57. The standard InChI is InChI=1S/C14H17N3O3/c1-2-9(18)7-8-15-14(20)12-16-11-6-4-3-5-10(11)13(19)17-12/h3-6,9,18H,2,7-8H2,1H3,(H,15,20)(H,16,17,19). The average Bonchev–Trinajstić information content (AvgIpc) is 2.46. The summed E-state index contributed by atoms with van der Waals surface area (Å²) in [4.78, 5) is 30.3. The van der Waals surface area contributed by atoms with Gasteiger partial charge in [-0.05, 0) is 25.0 Å². The van der Waals surface area contributed by atoms with Crippen molar-refractivity contribution >= 4 is 16.8 Å². The number of benzene rings is 1. The number of aliphatic hydroxyl groups is 1. The second-order valence-electron chi connectivity index (χ2n) is 4.54. The average molecular weight is 275 g/mol. The molecule has 1 aromatic carbocycles. The van der Waals surface area contributed by atoms with Gasteiger partial charge in [-0.3, -0.25) is 9.59 Å². The number of rotatable bonds is 5. The predicted octanol–water partition coefficient (Wildman–Crippen LogP) is 0.814. The van der Waals surface area contributed by atoms with Crippen LogP contribution in [0.5, 0.6) is 0 Å². The fourth-order valence-corrected chi connectivity index (χ4v) is 1.83. The van der Waals surface area contributed by atoms with Crippen LogP contribution in [-0.4, -0.2) is 33.6 Å². The van der Waals surface area contributed by atoms with Gasteiger partial charge in [0.25, 0.3) is 11.5 Å². The van der Waals surface area contributed by atoms with Crippen molar-refractivity contribution in [1.29, 1.82) is 0 Å². The summed E-state index contributed by atoms with van der Waals surface area (Å²) in [5.74, 6) is -0.462. The molecule has 106 valence electrons. The molecule has 0 aliphatic rings. The van der Waals surface area contributed by atoms with Gasteiger partial charge in [-0.15, -0.1) is 0 Å².